The first-order valence-corrected chi connectivity index (χ1v) is 6.43. The third-order valence-corrected chi connectivity index (χ3v) is 3.75. The Labute approximate surface area is 112 Å². The lowest BCUT2D eigenvalue weighted by atomic mass is 10.0. The quantitative estimate of drug-likeness (QED) is 0.455. The van der Waals surface area contributed by atoms with Gasteiger partial charge in [-0.05, 0) is 25.3 Å². The minimum atomic E-state index is -0.629. The third-order valence-electron chi connectivity index (χ3n) is 2.65. The molecule has 6 nitrogen and oxygen atoms in total. The van der Waals surface area contributed by atoms with Crippen molar-refractivity contribution in [3.63, 3.8) is 0 Å². The van der Waals surface area contributed by atoms with Gasteiger partial charge in [0.1, 0.15) is 0 Å². The lowest BCUT2D eigenvalue weighted by Gasteiger charge is -2.06. The van der Waals surface area contributed by atoms with Crippen LogP contribution in [0.1, 0.15) is 25.3 Å². The molecule has 1 aromatic carbocycles. The van der Waals surface area contributed by atoms with Gasteiger partial charge < -0.3 is 0 Å². The summed E-state index contributed by atoms with van der Waals surface area (Å²) in [5.74, 6) is 0. The maximum Gasteiger partial charge on any atom is 0.279 e. The first-order valence-electron chi connectivity index (χ1n) is 5.51. The summed E-state index contributed by atoms with van der Waals surface area (Å²) in [5.41, 5.74) is 0.0971. The van der Waals surface area contributed by atoms with Gasteiger partial charge in [-0.2, -0.15) is 0 Å². The fourth-order valence-electron chi connectivity index (χ4n) is 1.56. The highest BCUT2D eigenvalue weighted by Gasteiger charge is 2.19. The number of non-ortho nitro benzene ring substituents is 1. The summed E-state index contributed by atoms with van der Waals surface area (Å²) in [5, 5.41) is 21.5. The van der Waals surface area contributed by atoms with Gasteiger partial charge in [-0.3, -0.25) is 20.2 Å². The Morgan fingerprint density at radius 1 is 1.28 bits per heavy atom. The first-order chi connectivity index (χ1) is 8.45. The molecule has 1 unspecified atom stereocenters. The van der Waals surface area contributed by atoms with Crippen molar-refractivity contribution in [2.24, 2.45) is 0 Å². The number of aryl methyl sites for hydroxylation is 1. The molecule has 0 aliphatic rings. The monoisotopic (exact) mass is 316 g/mol. The Hall–Kier alpha value is -1.50. The standard InChI is InChI=1S/C11H13BrN2O4/c1-2-9(12)5-3-8-4-6-10(13(15)16)7-11(8)14(17)18/h4,6-7,9H,2-3,5H2,1H3. The van der Waals surface area contributed by atoms with Crippen molar-refractivity contribution in [1.29, 1.82) is 0 Å². The molecule has 0 aromatic heterocycles. The average molecular weight is 317 g/mol. The van der Waals surface area contributed by atoms with E-state index in [1.54, 1.807) is 0 Å². The average Bonchev–Trinajstić information content (AvgIpc) is 2.35. The molecular weight excluding hydrogens is 304 g/mol. The van der Waals surface area contributed by atoms with Crippen molar-refractivity contribution in [3.05, 3.63) is 44.0 Å². The van der Waals surface area contributed by atoms with Gasteiger partial charge in [-0.1, -0.05) is 22.9 Å². The van der Waals surface area contributed by atoms with E-state index in [2.05, 4.69) is 15.9 Å². The van der Waals surface area contributed by atoms with Gasteiger partial charge in [-0.15, -0.1) is 0 Å². The van der Waals surface area contributed by atoms with Crippen LogP contribution in [0.3, 0.4) is 0 Å². The van der Waals surface area contributed by atoms with Gasteiger partial charge in [0, 0.05) is 16.5 Å². The van der Waals surface area contributed by atoms with Gasteiger partial charge in [0.05, 0.1) is 15.9 Å². The van der Waals surface area contributed by atoms with Crippen LogP contribution in [0.2, 0.25) is 0 Å². The fraction of sp³-hybridized carbons (Fsp3) is 0.455. The first kappa shape index (κ1) is 14.6. The van der Waals surface area contributed by atoms with Gasteiger partial charge in [0.2, 0.25) is 0 Å². The van der Waals surface area contributed by atoms with Crippen molar-refractivity contribution in [2.45, 2.75) is 31.0 Å². The van der Waals surface area contributed by atoms with Crippen LogP contribution >= 0.6 is 15.9 Å². The number of rotatable bonds is 6. The summed E-state index contributed by atoms with van der Waals surface area (Å²) in [6.45, 7) is 2.02. The Morgan fingerprint density at radius 3 is 2.44 bits per heavy atom. The molecule has 7 heteroatoms. The molecule has 0 amide bonds. The zero-order valence-electron chi connectivity index (χ0n) is 9.84. The molecule has 0 saturated heterocycles. The number of nitro benzene ring substituents is 2. The van der Waals surface area contributed by atoms with E-state index < -0.39 is 9.85 Å². The third kappa shape index (κ3) is 3.76. The molecule has 0 heterocycles. The van der Waals surface area contributed by atoms with Crippen LogP contribution in [0.4, 0.5) is 11.4 Å². The molecule has 1 atom stereocenters. The molecule has 18 heavy (non-hydrogen) atoms. The van der Waals surface area contributed by atoms with E-state index in [9.17, 15) is 20.2 Å². The van der Waals surface area contributed by atoms with E-state index in [1.165, 1.54) is 12.1 Å². The molecule has 0 radical (unpaired) electrons. The van der Waals surface area contributed by atoms with Crippen LogP contribution in [0.5, 0.6) is 0 Å². The highest BCUT2D eigenvalue weighted by Crippen LogP contribution is 2.26. The van der Waals surface area contributed by atoms with Crippen LogP contribution in [0, 0.1) is 20.2 Å². The van der Waals surface area contributed by atoms with E-state index in [-0.39, 0.29) is 11.4 Å². The van der Waals surface area contributed by atoms with Crippen LogP contribution < -0.4 is 0 Å². The molecule has 0 aliphatic heterocycles. The topological polar surface area (TPSA) is 86.3 Å². The molecule has 0 fully saturated rings. The van der Waals surface area contributed by atoms with Crippen molar-refractivity contribution in [3.8, 4) is 0 Å². The molecule has 0 bridgehead atoms. The summed E-state index contributed by atoms with van der Waals surface area (Å²) >= 11 is 3.46. The van der Waals surface area contributed by atoms with Crippen LogP contribution in [-0.4, -0.2) is 14.7 Å². The SMILES string of the molecule is CCC(Br)CCc1ccc([N+](=O)[O-])cc1[N+](=O)[O-]. The molecule has 0 saturated carbocycles. The summed E-state index contributed by atoms with van der Waals surface area (Å²) < 4.78 is 0. The van der Waals surface area contributed by atoms with Crippen LogP contribution in [0.25, 0.3) is 0 Å². The molecule has 0 N–H and O–H groups in total. The molecule has 0 aliphatic carbocycles. The summed E-state index contributed by atoms with van der Waals surface area (Å²) in [7, 11) is 0. The predicted molar refractivity (Wildman–Crippen MR) is 71.1 cm³/mol. The Kier molecular flexibility index (Phi) is 5.21. The largest absolute Gasteiger partial charge is 0.279 e. The number of nitro groups is 2. The smallest absolute Gasteiger partial charge is 0.258 e. The maximum absolute atomic E-state index is 10.9. The molecule has 1 aromatic rings. The van der Waals surface area contributed by atoms with Crippen LogP contribution in [0.15, 0.2) is 18.2 Å². The highest BCUT2D eigenvalue weighted by molar-refractivity contribution is 9.09. The number of benzene rings is 1. The van der Waals surface area contributed by atoms with E-state index >= 15 is 0 Å². The van der Waals surface area contributed by atoms with E-state index in [0.717, 1.165) is 18.9 Å². The van der Waals surface area contributed by atoms with E-state index in [1.807, 2.05) is 6.92 Å². The molecule has 0 spiro atoms. The summed E-state index contributed by atoms with van der Waals surface area (Å²) in [4.78, 5) is 20.6. The normalized spacial score (nSPS) is 12.1. The summed E-state index contributed by atoms with van der Waals surface area (Å²) in [6, 6.07) is 3.79. The predicted octanol–water partition coefficient (Wildman–Crippen LogP) is 3.61. The van der Waals surface area contributed by atoms with Crippen molar-refractivity contribution >= 4 is 27.3 Å². The van der Waals surface area contributed by atoms with Gasteiger partial charge in [0.15, 0.2) is 0 Å². The number of alkyl halides is 1. The zero-order valence-corrected chi connectivity index (χ0v) is 11.4. The minimum absolute atomic E-state index is 0.181. The highest BCUT2D eigenvalue weighted by atomic mass is 79.9. The number of nitrogens with zero attached hydrogens (tertiary/aromatic N) is 2. The number of hydrogen-bond donors (Lipinski definition) is 0. The Bertz CT molecular complexity index is 464. The summed E-state index contributed by atoms with van der Waals surface area (Å²) in [6.07, 6.45) is 2.22. The van der Waals surface area contributed by atoms with Crippen molar-refractivity contribution < 1.29 is 9.85 Å². The Balaban J connectivity index is 2.97. The van der Waals surface area contributed by atoms with Crippen molar-refractivity contribution in [1.82, 2.24) is 0 Å². The number of halogens is 1. The molecule has 1 rings (SSSR count). The lowest BCUT2D eigenvalue weighted by Crippen LogP contribution is -2.02. The van der Waals surface area contributed by atoms with Crippen LogP contribution in [-0.2, 0) is 6.42 Å². The Morgan fingerprint density at radius 2 is 1.94 bits per heavy atom. The lowest BCUT2D eigenvalue weighted by molar-refractivity contribution is -0.394. The van der Waals surface area contributed by atoms with Gasteiger partial charge in [0.25, 0.3) is 11.4 Å². The second kappa shape index (κ2) is 6.44. The second-order valence-electron chi connectivity index (χ2n) is 3.87. The van der Waals surface area contributed by atoms with E-state index in [0.29, 0.717) is 16.8 Å². The minimum Gasteiger partial charge on any atom is -0.258 e. The maximum atomic E-state index is 10.9. The number of hydrogen-bond acceptors (Lipinski definition) is 4. The second-order valence-corrected chi connectivity index (χ2v) is 5.17. The van der Waals surface area contributed by atoms with Gasteiger partial charge >= 0.3 is 0 Å². The zero-order chi connectivity index (χ0) is 13.7. The molecule has 98 valence electrons. The van der Waals surface area contributed by atoms with E-state index in [4.69, 9.17) is 0 Å². The van der Waals surface area contributed by atoms with Crippen molar-refractivity contribution in [2.75, 3.05) is 0 Å². The fourth-order valence-corrected chi connectivity index (χ4v) is 1.79. The molecular formula is C11H13BrN2O4. The van der Waals surface area contributed by atoms with Gasteiger partial charge in [-0.25, -0.2) is 0 Å².